The molecule has 1 heterocycles. The minimum absolute atomic E-state index is 0.0936. The average Bonchev–Trinajstić information content (AvgIpc) is 2.66. The van der Waals surface area contributed by atoms with Gasteiger partial charge in [0.25, 0.3) is 5.91 Å². The minimum atomic E-state index is -0.697. The van der Waals surface area contributed by atoms with Crippen LogP contribution in [0.2, 0.25) is 0 Å². The second-order valence-corrected chi connectivity index (χ2v) is 6.35. The van der Waals surface area contributed by atoms with Gasteiger partial charge >= 0.3 is 0 Å². The Morgan fingerprint density at radius 1 is 1.19 bits per heavy atom. The first-order valence-electron chi connectivity index (χ1n) is 8.63. The molecule has 0 aliphatic heterocycles. The second kappa shape index (κ2) is 9.92. The third kappa shape index (κ3) is 6.44. The number of hydrogen-bond acceptors (Lipinski definition) is 5. The number of ether oxygens (including phenoxy) is 1. The summed E-state index contributed by atoms with van der Waals surface area (Å²) in [6.45, 7) is 3.83. The predicted molar refractivity (Wildman–Crippen MR) is 100 cm³/mol. The van der Waals surface area contributed by atoms with Crippen LogP contribution in [0.15, 0.2) is 48.8 Å². The second-order valence-electron chi connectivity index (χ2n) is 6.35. The van der Waals surface area contributed by atoms with E-state index in [1.54, 1.807) is 48.8 Å². The van der Waals surface area contributed by atoms with Crippen LogP contribution in [0, 0.1) is 17.2 Å². The van der Waals surface area contributed by atoms with Crippen molar-refractivity contribution >= 4 is 11.8 Å². The molecule has 1 aromatic carbocycles. The zero-order chi connectivity index (χ0) is 19.6. The van der Waals surface area contributed by atoms with Crippen molar-refractivity contribution in [2.24, 2.45) is 5.92 Å². The molecule has 1 unspecified atom stereocenters. The lowest BCUT2D eigenvalue weighted by atomic mass is 10.0. The first-order valence-corrected chi connectivity index (χ1v) is 8.63. The topological polar surface area (TPSA) is 104 Å². The lowest BCUT2D eigenvalue weighted by molar-refractivity contribution is -0.123. The van der Waals surface area contributed by atoms with E-state index >= 15 is 0 Å². The molecule has 1 aromatic heterocycles. The Balaban J connectivity index is 2.02. The molecule has 2 aromatic rings. The minimum Gasteiger partial charge on any atom is -0.456 e. The third-order valence-corrected chi connectivity index (χ3v) is 3.66. The van der Waals surface area contributed by atoms with Crippen LogP contribution < -0.4 is 15.4 Å². The molecule has 2 N–H and O–H groups in total. The van der Waals surface area contributed by atoms with E-state index < -0.39 is 6.04 Å². The van der Waals surface area contributed by atoms with Crippen LogP contribution >= 0.6 is 0 Å². The molecule has 0 radical (unpaired) electrons. The summed E-state index contributed by atoms with van der Waals surface area (Å²) >= 11 is 0. The van der Waals surface area contributed by atoms with E-state index in [0.717, 1.165) is 0 Å². The van der Waals surface area contributed by atoms with Gasteiger partial charge in [-0.1, -0.05) is 13.8 Å². The van der Waals surface area contributed by atoms with Gasteiger partial charge in [0.2, 0.25) is 5.91 Å². The van der Waals surface area contributed by atoms with Gasteiger partial charge in [0.15, 0.2) is 0 Å². The van der Waals surface area contributed by atoms with Gasteiger partial charge in [-0.15, -0.1) is 0 Å². The fraction of sp³-hybridized carbons (Fsp3) is 0.300. The van der Waals surface area contributed by atoms with Crippen LogP contribution in [0.4, 0.5) is 0 Å². The first kappa shape index (κ1) is 19.9. The van der Waals surface area contributed by atoms with Gasteiger partial charge in [0, 0.05) is 11.8 Å². The van der Waals surface area contributed by atoms with Crippen LogP contribution in [-0.4, -0.2) is 29.4 Å². The zero-order valence-corrected chi connectivity index (χ0v) is 15.3. The van der Waals surface area contributed by atoms with E-state index in [9.17, 15) is 9.59 Å². The molecule has 27 heavy (non-hydrogen) atoms. The summed E-state index contributed by atoms with van der Waals surface area (Å²) in [5.41, 5.74) is 0.412. The molecule has 1 atom stereocenters. The highest BCUT2D eigenvalue weighted by atomic mass is 16.5. The van der Waals surface area contributed by atoms with E-state index in [0.29, 0.717) is 23.5 Å². The molecule has 0 spiro atoms. The molecular formula is C20H22N4O3. The van der Waals surface area contributed by atoms with E-state index in [1.807, 2.05) is 19.9 Å². The van der Waals surface area contributed by atoms with Gasteiger partial charge in [-0.2, -0.15) is 5.26 Å². The molecule has 0 aliphatic carbocycles. The molecule has 0 bridgehead atoms. The van der Waals surface area contributed by atoms with Crippen LogP contribution in [0.25, 0.3) is 0 Å². The van der Waals surface area contributed by atoms with Crippen LogP contribution in [0.5, 0.6) is 11.5 Å². The molecule has 0 saturated heterocycles. The summed E-state index contributed by atoms with van der Waals surface area (Å²) in [6, 6.07) is 11.3. The quantitative estimate of drug-likeness (QED) is 0.699. The van der Waals surface area contributed by atoms with Crippen molar-refractivity contribution in [1.29, 1.82) is 5.26 Å². The molecule has 140 valence electrons. The molecular weight excluding hydrogens is 344 g/mol. The average molecular weight is 366 g/mol. The van der Waals surface area contributed by atoms with Crippen molar-refractivity contribution in [2.45, 2.75) is 26.3 Å². The van der Waals surface area contributed by atoms with Crippen molar-refractivity contribution in [3.63, 3.8) is 0 Å². The highest BCUT2D eigenvalue weighted by Crippen LogP contribution is 2.20. The Labute approximate surface area is 158 Å². The van der Waals surface area contributed by atoms with Crippen LogP contribution in [0.1, 0.15) is 30.6 Å². The van der Waals surface area contributed by atoms with Crippen molar-refractivity contribution in [3.05, 3.63) is 54.4 Å². The van der Waals surface area contributed by atoms with Crippen LogP contribution in [0.3, 0.4) is 0 Å². The maximum absolute atomic E-state index is 12.5. The number of nitriles is 1. The number of rotatable bonds is 8. The summed E-state index contributed by atoms with van der Waals surface area (Å²) < 4.78 is 5.64. The van der Waals surface area contributed by atoms with Crippen LogP contribution in [-0.2, 0) is 4.79 Å². The largest absolute Gasteiger partial charge is 0.456 e. The van der Waals surface area contributed by atoms with E-state index in [1.165, 1.54) is 0 Å². The van der Waals surface area contributed by atoms with Gasteiger partial charge in [-0.25, -0.2) is 0 Å². The van der Waals surface area contributed by atoms with Crippen molar-refractivity contribution in [3.8, 4) is 17.6 Å². The van der Waals surface area contributed by atoms with Gasteiger partial charge in [-0.05, 0) is 48.7 Å². The summed E-state index contributed by atoms with van der Waals surface area (Å²) in [7, 11) is 0. The molecule has 7 heteroatoms. The normalized spacial score (nSPS) is 11.3. The fourth-order valence-electron chi connectivity index (χ4n) is 2.41. The summed E-state index contributed by atoms with van der Waals surface area (Å²) in [5.74, 6) is 0.653. The van der Waals surface area contributed by atoms with E-state index in [4.69, 9.17) is 10.00 Å². The SMILES string of the molecule is CC(C)CC(NC(=O)c1ccc(Oc2cccnc2)cc1)C(=O)NCC#N. The maximum Gasteiger partial charge on any atom is 0.251 e. The van der Waals surface area contributed by atoms with Crippen molar-refractivity contribution in [1.82, 2.24) is 15.6 Å². The fourth-order valence-corrected chi connectivity index (χ4v) is 2.41. The lowest BCUT2D eigenvalue weighted by Crippen LogP contribution is -2.47. The number of pyridine rings is 1. The molecule has 2 amide bonds. The summed E-state index contributed by atoms with van der Waals surface area (Å²) in [4.78, 5) is 28.6. The van der Waals surface area contributed by atoms with E-state index in [-0.39, 0.29) is 24.3 Å². The summed E-state index contributed by atoms with van der Waals surface area (Å²) in [6.07, 6.45) is 3.73. The summed E-state index contributed by atoms with van der Waals surface area (Å²) in [5, 5.41) is 13.8. The molecule has 0 fully saturated rings. The number of amides is 2. The third-order valence-electron chi connectivity index (χ3n) is 3.66. The lowest BCUT2D eigenvalue weighted by Gasteiger charge is -2.19. The smallest absolute Gasteiger partial charge is 0.251 e. The van der Waals surface area contributed by atoms with Gasteiger partial charge in [-0.3, -0.25) is 14.6 Å². The molecule has 0 saturated carbocycles. The van der Waals surface area contributed by atoms with E-state index in [2.05, 4.69) is 15.6 Å². The number of hydrogen-bond donors (Lipinski definition) is 2. The van der Waals surface area contributed by atoms with Gasteiger partial charge in [0.1, 0.15) is 24.1 Å². The number of nitrogens with one attached hydrogen (secondary N) is 2. The first-order chi connectivity index (χ1) is 13.0. The van der Waals surface area contributed by atoms with Gasteiger partial charge in [0.05, 0.1) is 12.3 Å². The molecule has 2 rings (SSSR count). The number of carbonyl (C=O) groups excluding carboxylic acids is 2. The monoisotopic (exact) mass is 366 g/mol. The highest BCUT2D eigenvalue weighted by Gasteiger charge is 2.22. The molecule has 7 nitrogen and oxygen atoms in total. The maximum atomic E-state index is 12.5. The van der Waals surface area contributed by atoms with Gasteiger partial charge < -0.3 is 15.4 Å². The highest BCUT2D eigenvalue weighted by molar-refractivity contribution is 5.97. The Kier molecular flexibility index (Phi) is 7.32. The Bertz CT molecular complexity index is 798. The van der Waals surface area contributed by atoms with Crippen molar-refractivity contribution in [2.75, 3.05) is 6.54 Å². The Morgan fingerprint density at radius 3 is 2.52 bits per heavy atom. The number of nitrogens with zero attached hydrogens (tertiary/aromatic N) is 2. The number of carbonyl (C=O) groups is 2. The standard InChI is InChI=1S/C20H22N4O3/c1-14(2)12-18(20(26)23-11-9-21)24-19(25)15-5-7-16(8-6-15)27-17-4-3-10-22-13-17/h3-8,10,13-14,18H,11-12H2,1-2H3,(H,23,26)(H,24,25). The van der Waals surface area contributed by atoms with Crippen molar-refractivity contribution < 1.29 is 14.3 Å². The number of aromatic nitrogens is 1. The molecule has 0 aliphatic rings. The Hall–Kier alpha value is -3.40. The zero-order valence-electron chi connectivity index (χ0n) is 15.3. The predicted octanol–water partition coefficient (Wildman–Crippen LogP) is 2.66. The number of benzene rings is 1. The Morgan fingerprint density at radius 2 is 1.93 bits per heavy atom.